The van der Waals surface area contributed by atoms with E-state index in [4.69, 9.17) is 17.5 Å². The van der Waals surface area contributed by atoms with E-state index < -0.39 is 16.4 Å². The van der Waals surface area contributed by atoms with Gasteiger partial charge in [0.25, 0.3) is 0 Å². The summed E-state index contributed by atoms with van der Waals surface area (Å²) in [7, 11) is -5.17. The molecule has 9 heteroatoms. The fourth-order valence-corrected chi connectivity index (χ4v) is 2.64. The molecule has 0 aliphatic rings. The zero-order valence-electron chi connectivity index (χ0n) is 17.4. The maximum atomic E-state index is 10.2. The molecular weight excluding hydrogens is 392 g/mol. The number of hydrogen-bond acceptors (Lipinski definition) is 6. The van der Waals surface area contributed by atoms with Gasteiger partial charge in [-0.2, -0.15) is 0 Å². The Labute approximate surface area is 204 Å². The number of unbranched alkanes of at least 4 members (excludes halogenated alkanes) is 14. The van der Waals surface area contributed by atoms with Crippen LogP contribution >= 0.6 is 0 Å². The zero-order chi connectivity index (χ0) is 19.4. The summed E-state index contributed by atoms with van der Waals surface area (Å²) in [6.45, 7) is 2.27. The molecule has 0 amide bonds. The molecule has 0 radical (unpaired) electrons. The second kappa shape index (κ2) is 27.1. The van der Waals surface area contributed by atoms with Gasteiger partial charge in [0.15, 0.2) is 0 Å². The van der Waals surface area contributed by atoms with Crippen LogP contribution in [0.5, 0.6) is 0 Å². The first kappa shape index (κ1) is 35.5. The van der Waals surface area contributed by atoms with Crippen molar-refractivity contribution in [2.24, 2.45) is 0 Å². The summed E-state index contributed by atoms with van der Waals surface area (Å²) in [6, 6.07) is 0. The second-order valence-electron chi connectivity index (χ2n) is 6.48. The number of hydrogen-bond donors (Lipinski definition) is 0. The Morgan fingerprint density at radius 2 is 0.889 bits per heavy atom. The van der Waals surface area contributed by atoms with Crippen molar-refractivity contribution in [3.05, 3.63) is 0 Å². The molecule has 152 valence electrons. The third-order valence-electron chi connectivity index (χ3n) is 3.98. The fourth-order valence-electron chi connectivity index (χ4n) is 2.64. The van der Waals surface area contributed by atoms with Gasteiger partial charge in [-0.1, -0.05) is 96.8 Å². The Morgan fingerprint density at radius 1 is 0.667 bits per heavy atom. The molecule has 0 aromatic heterocycles. The quantitative estimate of drug-likeness (QED) is 0.151. The molecule has 0 aromatic rings. The van der Waals surface area contributed by atoms with Crippen LogP contribution in [0.3, 0.4) is 0 Å². The van der Waals surface area contributed by atoms with E-state index in [9.17, 15) is 9.90 Å². The van der Waals surface area contributed by atoms with E-state index in [1.54, 1.807) is 0 Å². The predicted octanol–water partition coefficient (Wildman–Crippen LogP) is 0.283. The van der Waals surface area contributed by atoms with E-state index in [1.165, 1.54) is 83.5 Å². The van der Waals surface area contributed by atoms with Crippen molar-refractivity contribution in [3.63, 3.8) is 0 Å². The predicted molar refractivity (Wildman–Crippen MR) is 101 cm³/mol. The van der Waals surface area contributed by atoms with Crippen LogP contribution in [0.15, 0.2) is 0 Å². The SMILES string of the molecule is CCCCCCCCCCCCCCCCCC(=O)[O-].O=S(=O)([O-])[O-].[Mg+2].[Na+]. The van der Waals surface area contributed by atoms with Crippen LogP contribution in [0, 0.1) is 0 Å². The average Bonchev–Trinajstić information content (AvgIpc) is 2.49. The third-order valence-corrected chi connectivity index (χ3v) is 3.98. The first-order valence-electron chi connectivity index (χ1n) is 9.64. The largest absolute Gasteiger partial charge is 2.00 e. The van der Waals surface area contributed by atoms with Crippen LogP contribution < -0.4 is 34.7 Å². The molecule has 0 saturated heterocycles. The van der Waals surface area contributed by atoms with Crippen LogP contribution in [0.2, 0.25) is 0 Å². The van der Waals surface area contributed by atoms with E-state index in [0.717, 1.165) is 12.8 Å². The maximum Gasteiger partial charge on any atom is 2.00 e. The average molecular weight is 427 g/mol. The minimum atomic E-state index is -5.17. The topological polar surface area (TPSA) is 120 Å². The Bertz CT molecular complexity index is 385. The number of aliphatic carboxylic acids is 1. The number of carbonyl (C=O) groups excluding carboxylic acids is 1. The Balaban J connectivity index is -0.000000333. The van der Waals surface area contributed by atoms with Crippen LogP contribution in [0.1, 0.15) is 110 Å². The van der Waals surface area contributed by atoms with E-state index in [2.05, 4.69) is 6.92 Å². The molecular formula is C18H35MgNaO6S. The molecule has 0 aliphatic heterocycles. The van der Waals surface area contributed by atoms with Crippen LogP contribution in [0.25, 0.3) is 0 Å². The summed E-state index contributed by atoms with van der Waals surface area (Å²) in [6.07, 6.45) is 19.9. The van der Waals surface area contributed by atoms with Gasteiger partial charge in [-0.3, -0.25) is 8.42 Å². The summed E-state index contributed by atoms with van der Waals surface area (Å²) in [5.74, 6) is -0.903. The van der Waals surface area contributed by atoms with Crippen LogP contribution in [0.4, 0.5) is 0 Å². The first-order chi connectivity index (χ1) is 11.8. The molecule has 0 unspecified atom stereocenters. The summed E-state index contributed by atoms with van der Waals surface area (Å²) < 4.78 is 34.1. The van der Waals surface area contributed by atoms with Crippen molar-refractivity contribution in [3.8, 4) is 0 Å². The second-order valence-corrected chi connectivity index (χ2v) is 7.30. The van der Waals surface area contributed by atoms with Crippen molar-refractivity contribution in [2.45, 2.75) is 110 Å². The third kappa shape index (κ3) is 52.1. The van der Waals surface area contributed by atoms with Crippen molar-refractivity contribution < 1.29 is 57.0 Å². The Kier molecular flexibility index (Phi) is 35.7. The Morgan fingerprint density at radius 3 is 1.11 bits per heavy atom. The van der Waals surface area contributed by atoms with Crippen molar-refractivity contribution >= 4 is 39.4 Å². The smallest absolute Gasteiger partial charge is 0.759 e. The van der Waals surface area contributed by atoms with E-state index >= 15 is 0 Å². The van der Waals surface area contributed by atoms with Gasteiger partial charge in [-0.05, 0) is 12.8 Å². The van der Waals surface area contributed by atoms with E-state index in [0.29, 0.717) is 0 Å². The van der Waals surface area contributed by atoms with E-state index in [1.807, 2.05) is 0 Å². The molecule has 0 N–H and O–H groups in total. The van der Waals surface area contributed by atoms with Crippen LogP contribution in [-0.4, -0.2) is 46.5 Å². The monoisotopic (exact) mass is 426 g/mol. The normalized spacial score (nSPS) is 10.2. The summed E-state index contributed by atoms with van der Waals surface area (Å²) in [5.41, 5.74) is 0. The molecule has 0 rings (SSSR count). The number of carboxylic acids is 1. The summed E-state index contributed by atoms with van der Waals surface area (Å²) in [4.78, 5) is 10.2. The van der Waals surface area contributed by atoms with Gasteiger partial charge < -0.3 is 19.0 Å². The minimum absolute atomic E-state index is 0. The molecule has 0 aromatic carbocycles. The molecule has 27 heavy (non-hydrogen) atoms. The molecule has 0 atom stereocenters. The number of rotatable bonds is 16. The Hall–Kier alpha value is 1.11. The van der Waals surface area contributed by atoms with Crippen molar-refractivity contribution in [1.82, 2.24) is 0 Å². The van der Waals surface area contributed by atoms with Gasteiger partial charge in [0.1, 0.15) is 0 Å². The number of carboxylic acid groups (broad SMARTS) is 1. The molecule has 0 heterocycles. The maximum absolute atomic E-state index is 10.2. The summed E-state index contributed by atoms with van der Waals surface area (Å²) in [5, 5.41) is 10.2. The first-order valence-corrected chi connectivity index (χ1v) is 11.0. The molecule has 0 fully saturated rings. The van der Waals surface area contributed by atoms with Crippen LogP contribution in [-0.2, 0) is 15.2 Å². The fraction of sp³-hybridized carbons (Fsp3) is 0.944. The number of carbonyl (C=O) groups is 1. The molecule has 0 saturated carbocycles. The van der Waals surface area contributed by atoms with Gasteiger partial charge in [-0.15, -0.1) is 0 Å². The molecule has 0 aliphatic carbocycles. The van der Waals surface area contributed by atoms with Gasteiger partial charge in [0.05, 0.1) is 0 Å². The minimum Gasteiger partial charge on any atom is -0.759 e. The standard InChI is InChI=1S/C18H36O2.Mg.Na.H2O4S/c1-2-3-4-5-6-7-8-9-10-11-12-13-14-15-16-17-18(19)20;;;1-5(2,3)4/h2-17H2,1H3,(H,19,20);;;(H2,1,2,3,4)/q;+2;+1;/p-3. The van der Waals surface area contributed by atoms with Crippen molar-refractivity contribution in [1.29, 1.82) is 0 Å². The van der Waals surface area contributed by atoms with Gasteiger partial charge in [0.2, 0.25) is 0 Å². The molecule has 6 nitrogen and oxygen atoms in total. The van der Waals surface area contributed by atoms with E-state index in [-0.39, 0.29) is 59.0 Å². The zero-order valence-corrected chi connectivity index (χ0v) is 21.6. The van der Waals surface area contributed by atoms with Gasteiger partial charge in [0, 0.05) is 16.4 Å². The molecule has 0 spiro atoms. The molecule has 0 bridgehead atoms. The van der Waals surface area contributed by atoms with Gasteiger partial charge in [-0.25, -0.2) is 0 Å². The van der Waals surface area contributed by atoms with Crippen molar-refractivity contribution in [2.75, 3.05) is 0 Å². The summed E-state index contributed by atoms with van der Waals surface area (Å²) >= 11 is 0. The van der Waals surface area contributed by atoms with Gasteiger partial charge >= 0.3 is 52.6 Å².